The Hall–Kier alpha value is -1.94. The third-order valence-corrected chi connectivity index (χ3v) is 3.42. The number of methoxy groups -OCH3 is 1. The van der Waals surface area contributed by atoms with Gasteiger partial charge in [0.2, 0.25) is 0 Å². The van der Waals surface area contributed by atoms with Crippen LogP contribution < -0.4 is 16.0 Å². The molecule has 2 N–H and O–H groups in total. The number of aromatic nitrogens is 1. The van der Waals surface area contributed by atoms with E-state index >= 15 is 0 Å². The molecule has 0 aliphatic heterocycles. The second-order valence-corrected chi connectivity index (χ2v) is 5.76. The van der Waals surface area contributed by atoms with Crippen LogP contribution in [0.3, 0.4) is 0 Å². The molecule has 2 rings (SSSR count). The first-order chi connectivity index (χ1) is 9.93. The van der Waals surface area contributed by atoms with Crippen LogP contribution in [0.15, 0.2) is 35.1 Å². The zero-order chi connectivity index (χ0) is 15.6. The first-order valence-corrected chi connectivity index (χ1v) is 7.15. The van der Waals surface area contributed by atoms with Gasteiger partial charge in [0.1, 0.15) is 5.75 Å². The molecule has 2 aromatic rings. The molecule has 1 aromatic carbocycles. The van der Waals surface area contributed by atoms with E-state index in [1.54, 1.807) is 35.9 Å². The molecular weight excluding hydrogens is 288 g/mol. The van der Waals surface area contributed by atoms with Gasteiger partial charge in [0, 0.05) is 17.1 Å². The molecule has 0 saturated carbocycles. The number of hydrogen-bond acceptors (Lipinski definition) is 3. The second kappa shape index (κ2) is 6.22. The number of ether oxygens (including phenoxy) is 1. The van der Waals surface area contributed by atoms with E-state index in [9.17, 15) is 4.79 Å². The lowest BCUT2D eigenvalue weighted by atomic mass is 10.1. The second-order valence-electron chi connectivity index (χ2n) is 5.33. The number of nitrogens with zero attached hydrogens (tertiary/aromatic N) is 1. The van der Waals surface area contributed by atoms with Crippen molar-refractivity contribution >= 4 is 17.3 Å². The maximum absolute atomic E-state index is 12.3. The third-order valence-electron chi connectivity index (χ3n) is 3.19. The molecule has 0 spiro atoms. The van der Waals surface area contributed by atoms with Crippen LogP contribution in [-0.2, 0) is 6.54 Å². The van der Waals surface area contributed by atoms with Crippen molar-refractivity contribution in [3.8, 4) is 17.0 Å². The summed E-state index contributed by atoms with van der Waals surface area (Å²) in [5.74, 6) is 0.981. The van der Waals surface area contributed by atoms with Crippen molar-refractivity contribution in [2.75, 3.05) is 12.8 Å². The van der Waals surface area contributed by atoms with Gasteiger partial charge in [-0.3, -0.25) is 4.79 Å². The van der Waals surface area contributed by atoms with Crippen LogP contribution in [0.5, 0.6) is 5.75 Å². The van der Waals surface area contributed by atoms with E-state index in [4.69, 9.17) is 22.1 Å². The Morgan fingerprint density at radius 3 is 2.62 bits per heavy atom. The van der Waals surface area contributed by atoms with Crippen LogP contribution in [0.1, 0.15) is 13.8 Å². The van der Waals surface area contributed by atoms with Crippen LogP contribution in [-0.4, -0.2) is 11.7 Å². The fourth-order valence-electron chi connectivity index (χ4n) is 2.26. The first kappa shape index (κ1) is 15.4. The summed E-state index contributed by atoms with van der Waals surface area (Å²) < 4.78 is 7.05. The van der Waals surface area contributed by atoms with Gasteiger partial charge in [0.15, 0.2) is 0 Å². The van der Waals surface area contributed by atoms with Crippen LogP contribution in [0.25, 0.3) is 11.3 Å². The highest BCUT2D eigenvalue weighted by Gasteiger charge is 2.14. The van der Waals surface area contributed by atoms with Crippen molar-refractivity contribution in [3.05, 3.63) is 45.7 Å². The minimum atomic E-state index is -0.191. The Morgan fingerprint density at radius 1 is 1.29 bits per heavy atom. The van der Waals surface area contributed by atoms with E-state index in [-0.39, 0.29) is 11.2 Å². The molecule has 21 heavy (non-hydrogen) atoms. The molecule has 0 amide bonds. The Kier molecular flexibility index (Phi) is 4.58. The topological polar surface area (TPSA) is 57.2 Å². The van der Waals surface area contributed by atoms with E-state index in [0.29, 0.717) is 23.2 Å². The summed E-state index contributed by atoms with van der Waals surface area (Å²) in [5.41, 5.74) is 7.33. The van der Waals surface area contributed by atoms with E-state index < -0.39 is 0 Å². The molecule has 112 valence electrons. The lowest BCUT2D eigenvalue weighted by Crippen LogP contribution is -2.26. The quantitative estimate of drug-likeness (QED) is 0.941. The normalized spacial score (nSPS) is 10.9. The van der Waals surface area contributed by atoms with Gasteiger partial charge in [-0.2, -0.15) is 0 Å². The SMILES string of the molecule is COc1ccc(Cl)cc1-c1ccc(N)c(=O)n1CC(C)C. The maximum atomic E-state index is 12.3. The van der Waals surface area contributed by atoms with Crippen molar-refractivity contribution in [2.45, 2.75) is 20.4 Å². The van der Waals surface area contributed by atoms with Crippen LogP contribution >= 0.6 is 11.6 Å². The maximum Gasteiger partial charge on any atom is 0.274 e. The fourth-order valence-corrected chi connectivity index (χ4v) is 2.43. The number of pyridine rings is 1. The van der Waals surface area contributed by atoms with Crippen LogP contribution in [0.4, 0.5) is 5.69 Å². The Balaban J connectivity index is 2.72. The minimum absolute atomic E-state index is 0.191. The highest BCUT2D eigenvalue weighted by Crippen LogP contribution is 2.32. The zero-order valence-corrected chi connectivity index (χ0v) is 13.1. The number of nitrogen functional groups attached to an aromatic ring is 1. The number of benzene rings is 1. The van der Waals surface area contributed by atoms with Crippen molar-refractivity contribution < 1.29 is 4.74 Å². The molecule has 0 radical (unpaired) electrons. The van der Waals surface area contributed by atoms with Gasteiger partial charge in [0.25, 0.3) is 5.56 Å². The molecular formula is C16H19ClN2O2. The summed E-state index contributed by atoms with van der Waals surface area (Å²) in [5, 5.41) is 0.589. The summed E-state index contributed by atoms with van der Waals surface area (Å²) >= 11 is 6.09. The summed E-state index contributed by atoms with van der Waals surface area (Å²) in [7, 11) is 1.59. The average Bonchev–Trinajstić information content (AvgIpc) is 2.44. The summed E-state index contributed by atoms with van der Waals surface area (Å²) in [4.78, 5) is 12.3. The van der Waals surface area contributed by atoms with E-state index in [1.807, 2.05) is 6.07 Å². The smallest absolute Gasteiger partial charge is 0.274 e. The highest BCUT2D eigenvalue weighted by molar-refractivity contribution is 6.30. The van der Waals surface area contributed by atoms with E-state index in [1.165, 1.54) is 0 Å². The first-order valence-electron chi connectivity index (χ1n) is 6.77. The number of rotatable bonds is 4. The Labute approximate surface area is 129 Å². The number of hydrogen-bond donors (Lipinski definition) is 1. The minimum Gasteiger partial charge on any atom is -0.496 e. The molecule has 0 atom stereocenters. The predicted molar refractivity (Wildman–Crippen MR) is 87.0 cm³/mol. The predicted octanol–water partition coefficient (Wildman–Crippen LogP) is 3.42. The van der Waals surface area contributed by atoms with Gasteiger partial charge >= 0.3 is 0 Å². The highest BCUT2D eigenvalue weighted by atomic mass is 35.5. The largest absolute Gasteiger partial charge is 0.496 e. The van der Waals surface area contributed by atoms with Gasteiger partial charge in [-0.15, -0.1) is 0 Å². The molecule has 1 heterocycles. The molecule has 0 aliphatic rings. The van der Waals surface area contributed by atoms with Crippen LogP contribution in [0.2, 0.25) is 5.02 Å². The average molecular weight is 307 g/mol. The molecule has 5 heteroatoms. The molecule has 0 fully saturated rings. The Bertz CT molecular complexity index is 708. The number of anilines is 1. The lowest BCUT2D eigenvalue weighted by molar-refractivity contribution is 0.415. The van der Waals surface area contributed by atoms with E-state index in [2.05, 4.69) is 13.8 Å². The summed E-state index contributed by atoms with van der Waals surface area (Å²) in [6, 6.07) is 8.79. The number of halogens is 1. The van der Waals surface area contributed by atoms with Crippen molar-refractivity contribution in [2.24, 2.45) is 5.92 Å². The molecule has 0 unspecified atom stereocenters. The van der Waals surface area contributed by atoms with Gasteiger partial charge in [0.05, 0.1) is 18.5 Å². The van der Waals surface area contributed by atoms with Gasteiger partial charge in [-0.05, 0) is 36.2 Å². The van der Waals surface area contributed by atoms with Crippen molar-refractivity contribution in [1.29, 1.82) is 0 Å². The fraction of sp³-hybridized carbons (Fsp3) is 0.312. The van der Waals surface area contributed by atoms with E-state index in [0.717, 1.165) is 11.3 Å². The standard InChI is InChI=1S/C16H19ClN2O2/c1-10(2)9-19-14(6-5-13(18)16(19)20)12-8-11(17)4-7-15(12)21-3/h4-8,10H,9,18H2,1-3H3. The van der Waals surface area contributed by atoms with Crippen LogP contribution in [0, 0.1) is 5.92 Å². The number of nitrogens with two attached hydrogens (primary N) is 1. The molecule has 0 bridgehead atoms. The molecule has 1 aromatic heterocycles. The Morgan fingerprint density at radius 2 is 2.00 bits per heavy atom. The van der Waals surface area contributed by atoms with Gasteiger partial charge in [-0.25, -0.2) is 0 Å². The lowest BCUT2D eigenvalue weighted by Gasteiger charge is -2.17. The molecule has 4 nitrogen and oxygen atoms in total. The van der Waals surface area contributed by atoms with Crippen molar-refractivity contribution in [3.63, 3.8) is 0 Å². The van der Waals surface area contributed by atoms with Crippen molar-refractivity contribution in [1.82, 2.24) is 4.57 Å². The van der Waals surface area contributed by atoms with Gasteiger partial charge < -0.3 is 15.0 Å². The monoisotopic (exact) mass is 306 g/mol. The molecule has 0 aliphatic carbocycles. The summed E-state index contributed by atoms with van der Waals surface area (Å²) in [6.07, 6.45) is 0. The summed E-state index contributed by atoms with van der Waals surface area (Å²) in [6.45, 7) is 4.68. The molecule has 0 saturated heterocycles. The van der Waals surface area contributed by atoms with Gasteiger partial charge in [-0.1, -0.05) is 25.4 Å². The third kappa shape index (κ3) is 3.22. The zero-order valence-electron chi connectivity index (χ0n) is 12.4.